The number of benzene rings is 1. The van der Waals surface area contributed by atoms with Crippen LogP contribution in [-0.2, 0) is 0 Å². The van der Waals surface area contributed by atoms with Gasteiger partial charge < -0.3 is 16.5 Å². The summed E-state index contributed by atoms with van der Waals surface area (Å²) in [4.78, 5) is 16.5. The molecule has 0 aliphatic rings. The molecule has 7 nitrogen and oxygen atoms in total. The Morgan fingerprint density at radius 2 is 2.14 bits per heavy atom. The van der Waals surface area contributed by atoms with Crippen molar-refractivity contribution in [3.05, 3.63) is 22.2 Å². The highest BCUT2D eigenvalue weighted by atomic mass is 16.6. The van der Waals surface area contributed by atoms with Gasteiger partial charge in [0.15, 0.2) is 5.95 Å². The molecule has 72 valence electrons. The Kier molecular flexibility index (Phi) is 1.53. The lowest BCUT2D eigenvalue weighted by Crippen LogP contribution is -1.92. The average Bonchev–Trinajstić information content (AvgIpc) is 2.45. The smallest absolute Gasteiger partial charge is 0.273 e. The summed E-state index contributed by atoms with van der Waals surface area (Å²) in [7, 11) is 0. The number of nitro groups is 1. The summed E-state index contributed by atoms with van der Waals surface area (Å²) >= 11 is 0. The summed E-state index contributed by atoms with van der Waals surface area (Å²) in [5, 5.41) is 10.5. The maximum absolute atomic E-state index is 10.5. The molecule has 0 radical (unpaired) electrons. The van der Waals surface area contributed by atoms with Crippen molar-refractivity contribution in [2.75, 3.05) is 11.5 Å². The standard InChI is InChI=1S/C7H7N5O2/c8-4-1-3(12(13)14)2-5-6(4)11-7(9)10-5/h1-2H,8H2,(H3,9,10,11). The van der Waals surface area contributed by atoms with E-state index in [-0.39, 0.29) is 17.3 Å². The van der Waals surface area contributed by atoms with Crippen molar-refractivity contribution in [1.29, 1.82) is 0 Å². The molecule has 14 heavy (non-hydrogen) atoms. The zero-order chi connectivity index (χ0) is 10.3. The van der Waals surface area contributed by atoms with Gasteiger partial charge in [0.1, 0.15) is 5.52 Å². The fraction of sp³-hybridized carbons (Fsp3) is 0. The number of rotatable bonds is 1. The van der Waals surface area contributed by atoms with Crippen molar-refractivity contribution in [2.45, 2.75) is 0 Å². The minimum Gasteiger partial charge on any atom is -0.397 e. The topological polar surface area (TPSA) is 124 Å². The molecule has 0 atom stereocenters. The Bertz CT molecular complexity index is 518. The summed E-state index contributed by atoms with van der Waals surface area (Å²) < 4.78 is 0. The molecule has 0 unspecified atom stereocenters. The van der Waals surface area contributed by atoms with Gasteiger partial charge in [-0.3, -0.25) is 10.1 Å². The molecule has 0 spiro atoms. The van der Waals surface area contributed by atoms with Gasteiger partial charge in [-0.2, -0.15) is 0 Å². The van der Waals surface area contributed by atoms with Gasteiger partial charge in [0.05, 0.1) is 16.1 Å². The van der Waals surface area contributed by atoms with Crippen LogP contribution in [0.3, 0.4) is 0 Å². The van der Waals surface area contributed by atoms with E-state index in [0.717, 1.165) is 0 Å². The van der Waals surface area contributed by atoms with Gasteiger partial charge in [0.25, 0.3) is 5.69 Å². The largest absolute Gasteiger partial charge is 0.397 e. The molecule has 0 amide bonds. The molecule has 0 bridgehead atoms. The summed E-state index contributed by atoms with van der Waals surface area (Å²) in [5.74, 6) is 0.187. The summed E-state index contributed by atoms with van der Waals surface area (Å²) in [6.45, 7) is 0. The molecule has 0 saturated carbocycles. The van der Waals surface area contributed by atoms with Crippen molar-refractivity contribution in [1.82, 2.24) is 9.97 Å². The van der Waals surface area contributed by atoms with E-state index in [9.17, 15) is 10.1 Å². The number of anilines is 2. The van der Waals surface area contributed by atoms with E-state index in [1.807, 2.05) is 0 Å². The van der Waals surface area contributed by atoms with Crippen LogP contribution in [0, 0.1) is 10.1 Å². The SMILES string of the molecule is Nc1nc2c(N)cc([N+](=O)[O-])cc2[nH]1. The zero-order valence-electron chi connectivity index (χ0n) is 7.02. The second kappa shape index (κ2) is 2.59. The molecule has 0 saturated heterocycles. The van der Waals surface area contributed by atoms with Crippen molar-refractivity contribution in [3.63, 3.8) is 0 Å². The second-order valence-corrected chi connectivity index (χ2v) is 2.81. The lowest BCUT2D eigenvalue weighted by Gasteiger charge is -1.94. The zero-order valence-corrected chi connectivity index (χ0v) is 7.02. The van der Waals surface area contributed by atoms with Crippen molar-refractivity contribution >= 4 is 28.4 Å². The highest BCUT2D eigenvalue weighted by Crippen LogP contribution is 2.25. The number of nitrogens with two attached hydrogens (primary N) is 2. The number of nitro benzene ring substituents is 1. The Hall–Kier alpha value is -2.31. The maximum Gasteiger partial charge on any atom is 0.273 e. The van der Waals surface area contributed by atoms with E-state index in [4.69, 9.17) is 11.5 Å². The molecule has 1 heterocycles. The van der Waals surface area contributed by atoms with Gasteiger partial charge >= 0.3 is 0 Å². The predicted molar refractivity (Wildman–Crippen MR) is 51.6 cm³/mol. The van der Waals surface area contributed by atoms with E-state index in [1.165, 1.54) is 12.1 Å². The summed E-state index contributed by atoms with van der Waals surface area (Å²) in [6.07, 6.45) is 0. The first-order valence-electron chi connectivity index (χ1n) is 3.77. The van der Waals surface area contributed by atoms with Crippen molar-refractivity contribution in [3.8, 4) is 0 Å². The number of nitrogen functional groups attached to an aromatic ring is 2. The number of aromatic amines is 1. The molecule has 5 N–H and O–H groups in total. The van der Waals surface area contributed by atoms with Crippen LogP contribution in [0.5, 0.6) is 0 Å². The highest BCUT2D eigenvalue weighted by molar-refractivity contribution is 5.90. The molecule has 1 aromatic carbocycles. The van der Waals surface area contributed by atoms with E-state index >= 15 is 0 Å². The molecular formula is C7H7N5O2. The molecular weight excluding hydrogens is 186 g/mol. The minimum atomic E-state index is -0.521. The lowest BCUT2D eigenvalue weighted by molar-refractivity contribution is -0.384. The number of aromatic nitrogens is 2. The van der Waals surface area contributed by atoms with Crippen LogP contribution in [0.2, 0.25) is 0 Å². The van der Waals surface area contributed by atoms with Crippen LogP contribution in [0.25, 0.3) is 11.0 Å². The van der Waals surface area contributed by atoms with Gasteiger partial charge in [-0.1, -0.05) is 0 Å². The Morgan fingerprint density at radius 1 is 1.43 bits per heavy atom. The average molecular weight is 193 g/mol. The molecule has 0 fully saturated rings. The molecule has 1 aromatic heterocycles. The quantitative estimate of drug-likeness (QED) is 0.348. The van der Waals surface area contributed by atoms with E-state index in [1.54, 1.807) is 0 Å². The van der Waals surface area contributed by atoms with E-state index in [2.05, 4.69) is 9.97 Å². The number of non-ortho nitro benzene ring substituents is 1. The Balaban J connectivity index is 2.77. The first kappa shape index (κ1) is 8.30. The molecule has 0 aliphatic carbocycles. The fourth-order valence-corrected chi connectivity index (χ4v) is 1.25. The van der Waals surface area contributed by atoms with Crippen LogP contribution in [0.15, 0.2) is 12.1 Å². The Labute approximate surface area is 77.9 Å². The van der Waals surface area contributed by atoms with E-state index in [0.29, 0.717) is 11.0 Å². The van der Waals surface area contributed by atoms with Gasteiger partial charge in [0, 0.05) is 12.1 Å². The number of imidazole rings is 1. The molecule has 0 aliphatic heterocycles. The highest BCUT2D eigenvalue weighted by Gasteiger charge is 2.12. The number of H-pyrrole nitrogens is 1. The predicted octanol–water partition coefficient (Wildman–Crippen LogP) is 0.635. The third kappa shape index (κ3) is 1.11. The van der Waals surface area contributed by atoms with Crippen LogP contribution in [-0.4, -0.2) is 14.9 Å². The molecule has 7 heteroatoms. The maximum atomic E-state index is 10.5. The van der Waals surface area contributed by atoms with Crippen LogP contribution in [0.4, 0.5) is 17.3 Å². The number of hydrogen-bond acceptors (Lipinski definition) is 5. The first-order valence-corrected chi connectivity index (χ1v) is 3.77. The minimum absolute atomic E-state index is 0.0846. The second-order valence-electron chi connectivity index (χ2n) is 2.81. The number of nitrogens with one attached hydrogen (secondary N) is 1. The van der Waals surface area contributed by atoms with Crippen molar-refractivity contribution < 1.29 is 4.92 Å². The monoisotopic (exact) mass is 193 g/mol. The van der Waals surface area contributed by atoms with Crippen molar-refractivity contribution in [2.24, 2.45) is 0 Å². The number of hydrogen-bond donors (Lipinski definition) is 3. The first-order chi connectivity index (χ1) is 6.58. The third-order valence-electron chi connectivity index (χ3n) is 1.83. The normalized spacial score (nSPS) is 10.6. The summed E-state index contributed by atoms with van der Waals surface area (Å²) in [6, 6.07) is 2.59. The van der Waals surface area contributed by atoms with Gasteiger partial charge in [0.2, 0.25) is 0 Å². The van der Waals surface area contributed by atoms with Gasteiger partial charge in [-0.05, 0) is 0 Å². The van der Waals surface area contributed by atoms with Gasteiger partial charge in [-0.25, -0.2) is 4.98 Å². The van der Waals surface area contributed by atoms with Gasteiger partial charge in [-0.15, -0.1) is 0 Å². The van der Waals surface area contributed by atoms with E-state index < -0.39 is 4.92 Å². The Morgan fingerprint density at radius 3 is 2.79 bits per heavy atom. The molecule has 2 aromatic rings. The number of nitrogens with zero attached hydrogens (tertiary/aromatic N) is 2. The lowest BCUT2D eigenvalue weighted by atomic mass is 10.2. The number of fused-ring (bicyclic) bond motifs is 1. The summed E-state index contributed by atoms with van der Waals surface area (Å²) in [5.41, 5.74) is 12.0. The van der Waals surface area contributed by atoms with Crippen LogP contribution < -0.4 is 11.5 Å². The molecule has 2 rings (SSSR count). The van der Waals surface area contributed by atoms with Crippen LogP contribution >= 0.6 is 0 Å². The van der Waals surface area contributed by atoms with Crippen LogP contribution in [0.1, 0.15) is 0 Å². The fourth-order valence-electron chi connectivity index (χ4n) is 1.25. The third-order valence-corrected chi connectivity index (χ3v) is 1.83.